The Balaban J connectivity index is 3.90. The Morgan fingerprint density at radius 3 is 1.73 bits per heavy atom. The molecular formula is C12H27NOSn. The van der Waals surface area contributed by atoms with Crippen molar-refractivity contribution in [2.75, 3.05) is 13.1 Å². The van der Waals surface area contributed by atoms with Crippen LogP contribution in [0.1, 0.15) is 59.3 Å². The molecule has 15 heavy (non-hydrogen) atoms. The van der Waals surface area contributed by atoms with Crippen LogP contribution in [0.2, 0.25) is 4.44 Å². The number of rotatable bonds is 10. The molecule has 0 aromatic rings. The molecule has 0 aromatic carbocycles. The molecule has 0 bridgehead atoms. The minimum absolute atomic E-state index is 1.02. The maximum absolute atomic E-state index is 12.1. The summed E-state index contributed by atoms with van der Waals surface area (Å²) in [6, 6.07) is 0. The van der Waals surface area contributed by atoms with Gasteiger partial charge in [-0.2, -0.15) is 0 Å². The molecule has 90 valence electrons. The molecule has 2 nitrogen and oxygen atoms in total. The summed E-state index contributed by atoms with van der Waals surface area (Å²) < 4.78 is 15.5. The van der Waals surface area contributed by atoms with Crippen molar-refractivity contribution in [3.63, 3.8) is 0 Å². The molecule has 3 heteroatoms. The van der Waals surface area contributed by atoms with Crippen LogP contribution in [0.5, 0.6) is 0 Å². The molecule has 0 aromatic heterocycles. The van der Waals surface area contributed by atoms with E-state index in [9.17, 15) is 3.08 Å². The fraction of sp³-hybridized carbons (Fsp3) is 1.00. The molecule has 0 aliphatic heterocycles. The fourth-order valence-corrected chi connectivity index (χ4v) is 6.65. The summed E-state index contributed by atoms with van der Waals surface area (Å²) in [5, 5.41) is 0. The average Bonchev–Trinajstić information content (AvgIpc) is 2.26. The van der Waals surface area contributed by atoms with Crippen molar-refractivity contribution in [2.24, 2.45) is 0 Å². The van der Waals surface area contributed by atoms with Crippen molar-refractivity contribution in [1.82, 2.24) is 3.12 Å². The van der Waals surface area contributed by atoms with Gasteiger partial charge in [-0.1, -0.05) is 0 Å². The summed E-state index contributed by atoms with van der Waals surface area (Å²) in [5.74, 6) is 0. The average molecular weight is 320 g/mol. The van der Waals surface area contributed by atoms with Gasteiger partial charge < -0.3 is 0 Å². The Labute approximate surface area is 103 Å². The topological polar surface area (TPSA) is 20.3 Å². The van der Waals surface area contributed by atoms with E-state index in [1.807, 2.05) is 0 Å². The molecule has 0 spiro atoms. The van der Waals surface area contributed by atoms with Crippen molar-refractivity contribution in [3.05, 3.63) is 0 Å². The van der Waals surface area contributed by atoms with Gasteiger partial charge in [0.1, 0.15) is 0 Å². The molecule has 0 fully saturated rings. The van der Waals surface area contributed by atoms with Gasteiger partial charge in [-0.15, -0.1) is 0 Å². The van der Waals surface area contributed by atoms with Crippen LogP contribution >= 0.6 is 0 Å². The zero-order valence-electron chi connectivity index (χ0n) is 10.7. The Kier molecular flexibility index (Phi) is 11.5. The molecule has 0 N–H and O–H groups in total. The second kappa shape index (κ2) is 11.1. The van der Waals surface area contributed by atoms with E-state index in [0.29, 0.717) is 0 Å². The summed E-state index contributed by atoms with van der Waals surface area (Å²) in [6.45, 7) is 8.76. The van der Waals surface area contributed by atoms with Gasteiger partial charge >= 0.3 is 103 Å². The molecule has 0 saturated carbocycles. The summed E-state index contributed by atoms with van der Waals surface area (Å²) >= 11 is -2.38. The van der Waals surface area contributed by atoms with Crippen molar-refractivity contribution < 1.29 is 3.08 Å². The zero-order valence-corrected chi connectivity index (χ0v) is 13.6. The van der Waals surface area contributed by atoms with E-state index in [2.05, 4.69) is 23.9 Å². The van der Waals surface area contributed by atoms with Gasteiger partial charge in [0.15, 0.2) is 0 Å². The number of hydrogen-bond acceptors (Lipinski definition) is 1. The predicted octanol–water partition coefficient (Wildman–Crippen LogP) is 3.61. The monoisotopic (exact) mass is 321 g/mol. The Morgan fingerprint density at radius 1 is 0.867 bits per heavy atom. The molecule has 0 unspecified atom stereocenters. The van der Waals surface area contributed by atoms with E-state index >= 15 is 0 Å². The van der Waals surface area contributed by atoms with Gasteiger partial charge in [0.05, 0.1) is 0 Å². The van der Waals surface area contributed by atoms with E-state index in [1.54, 1.807) is 0 Å². The summed E-state index contributed by atoms with van der Waals surface area (Å²) in [4.78, 5) is 0. The summed E-state index contributed by atoms with van der Waals surface area (Å²) in [5.41, 5.74) is 0. The van der Waals surface area contributed by atoms with Crippen LogP contribution in [-0.4, -0.2) is 36.2 Å². The van der Waals surface area contributed by atoms with Crippen LogP contribution in [0.15, 0.2) is 0 Å². The third-order valence-electron chi connectivity index (χ3n) is 2.66. The predicted molar refractivity (Wildman–Crippen MR) is 67.5 cm³/mol. The number of nitrogens with zero attached hydrogens (tertiary/aromatic N) is 1. The Hall–Kier alpha value is 0.559. The summed E-state index contributed by atoms with van der Waals surface area (Å²) in [7, 11) is 0. The van der Waals surface area contributed by atoms with Gasteiger partial charge in [0, 0.05) is 0 Å². The Morgan fingerprint density at radius 2 is 1.33 bits per heavy atom. The molecule has 0 amide bonds. The van der Waals surface area contributed by atoms with Gasteiger partial charge in [0.2, 0.25) is 0 Å². The third kappa shape index (κ3) is 8.37. The Bertz CT molecular complexity index is 154. The van der Waals surface area contributed by atoms with Crippen molar-refractivity contribution in [1.29, 1.82) is 0 Å². The van der Waals surface area contributed by atoms with Crippen LogP contribution in [0, 0.1) is 0 Å². The molecule has 0 saturated heterocycles. The quantitative estimate of drug-likeness (QED) is 0.573. The van der Waals surface area contributed by atoms with Crippen LogP contribution < -0.4 is 0 Å². The first-order valence-electron chi connectivity index (χ1n) is 6.54. The van der Waals surface area contributed by atoms with Gasteiger partial charge in [0.25, 0.3) is 0 Å². The van der Waals surface area contributed by atoms with Crippen LogP contribution in [-0.2, 0) is 3.08 Å². The second-order valence-electron chi connectivity index (χ2n) is 4.19. The van der Waals surface area contributed by atoms with Crippen molar-refractivity contribution in [3.8, 4) is 0 Å². The third-order valence-corrected chi connectivity index (χ3v) is 8.18. The second-order valence-corrected chi connectivity index (χ2v) is 9.67. The first-order chi connectivity index (χ1) is 7.26. The van der Waals surface area contributed by atoms with E-state index in [-0.39, 0.29) is 0 Å². The van der Waals surface area contributed by atoms with Crippen molar-refractivity contribution in [2.45, 2.75) is 63.7 Å². The van der Waals surface area contributed by atoms with Crippen LogP contribution in [0.3, 0.4) is 0 Å². The standard InChI is InChI=1S/C8H18N.C4H9.O.Sn/c1-3-5-7-9-8-6-4-2;1-3-4-2;;/h3-8H2,1-2H3;1,3-4H2,2H3;;/q-1;;;+1. The number of unbranched alkanes of at least 4 members (excludes halogenated alkanes) is 3. The summed E-state index contributed by atoms with van der Waals surface area (Å²) in [6.07, 6.45) is 7.19. The van der Waals surface area contributed by atoms with E-state index in [4.69, 9.17) is 0 Å². The molecule has 0 aliphatic carbocycles. The first kappa shape index (κ1) is 15.6. The van der Waals surface area contributed by atoms with Gasteiger partial charge in [-0.25, -0.2) is 0 Å². The van der Waals surface area contributed by atoms with Gasteiger partial charge in [-0.3, -0.25) is 0 Å². The van der Waals surface area contributed by atoms with Crippen LogP contribution in [0.4, 0.5) is 0 Å². The molecule has 0 aliphatic rings. The fourth-order valence-electron chi connectivity index (χ4n) is 1.55. The van der Waals surface area contributed by atoms with E-state index in [1.165, 1.54) is 32.1 Å². The van der Waals surface area contributed by atoms with Crippen molar-refractivity contribution >= 4 is 20.0 Å². The van der Waals surface area contributed by atoms with E-state index < -0.39 is 20.0 Å². The first-order valence-corrected chi connectivity index (χ1v) is 11.0. The maximum atomic E-state index is 12.1. The van der Waals surface area contributed by atoms with Gasteiger partial charge in [-0.05, 0) is 0 Å². The number of hydrogen-bond donors (Lipinski definition) is 0. The molecular weight excluding hydrogens is 293 g/mol. The van der Waals surface area contributed by atoms with E-state index in [0.717, 1.165) is 23.9 Å². The molecule has 0 rings (SSSR count). The minimum atomic E-state index is -2.38. The molecule has 0 radical (unpaired) electrons. The normalized spacial score (nSPS) is 10.9. The molecule has 0 heterocycles. The molecule has 0 atom stereocenters. The van der Waals surface area contributed by atoms with Crippen LogP contribution in [0.25, 0.3) is 0 Å². The SMILES string of the molecule is CCCC[N](CCCC)[Sn](=[O])[CH2]CCC. The zero-order chi connectivity index (χ0) is 11.5.